The van der Waals surface area contributed by atoms with E-state index in [1.807, 2.05) is 41.5 Å². The molecule has 0 amide bonds. The minimum Gasteiger partial charge on any atom is -0.387 e. The third kappa shape index (κ3) is 3.28. The summed E-state index contributed by atoms with van der Waals surface area (Å²) in [6.07, 6.45) is -3.64. The highest BCUT2D eigenvalue weighted by Gasteiger charge is 2.63. The van der Waals surface area contributed by atoms with Crippen molar-refractivity contribution in [1.29, 1.82) is 0 Å². The minimum atomic E-state index is -0.837. The van der Waals surface area contributed by atoms with Crippen molar-refractivity contribution in [2.75, 3.05) is 6.61 Å². The third-order valence-corrected chi connectivity index (χ3v) is 4.40. The lowest BCUT2D eigenvalue weighted by Crippen LogP contribution is -2.62. The van der Waals surface area contributed by atoms with Gasteiger partial charge in [-0.15, -0.1) is 0 Å². The topological polar surface area (TPSA) is 75.6 Å². The Hall–Kier alpha value is -0.280. The molecule has 2 saturated heterocycles. The highest BCUT2D eigenvalue weighted by molar-refractivity contribution is 5.08. The summed E-state index contributed by atoms with van der Waals surface area (Å²) >= 11 is 0. The predicted molar refractivity (Wildman–Crippen MR) is 79.6 cm³/mol. The van der Waals surface area contributed by atoms with Gasteiger partial charge in [0.15, 0.2) is 17.9 Å². The number of aliphatic hydroxyl groups is 1. The van der Waals surface area contributed by atoms with E-state index in [0.29, 0.717) is 6.61 Å². The Balaban J connectivity index is 1.86. The monoisotopic (exact) mass is 332 g/mol. The molecule has 0 aromatic heterocycles. The molecule has 3 rings (SSSR count). The second-order valence-electron chi connectivity index (χ2n) is 7.24. The summed E-state index contributed by atoms with van der Waals surface area (Å²) in [5, 5.41) is 10.7. The van der Waals surface area contributed by atoms with E-state index >= 15 is 0 Å². The second kappa shape index (κ2) is 5.91. The van der Waals surface area contributed by atoms with Gasteiger partial charge in [0.05, 0.1) is 0 Å². The average Bonchev–Trinajstić information content (AvgIpc) is 2.91. The summed E-state index contributed by atoms with van der Waals surface area (Å²) in [5.74, 6) is -1.58. The number of rotatable bonds is 4. The van der Waals surface area contributed by atoms with Crippen molar-refractivity contribution in [3.8, 4) is 0 Å². The van der Waals surface area contributed by atoms with Crippen molar-refractivity contribution in [3.05, 3.63) is 0 Å². The van der Waals surface area contributed by atoms with Crippen molar-refractivity contribution in [2.45, 2.75) is 96.0 Å². The summed E-state index contributed by atoms with van der Waals surface area (Å²) in [4.78, 5) is 0. The molecule has 7 nitrogen and oxygen atoms in total. The molecule has 0 aromatic carbocycles. The zero-order valence-electron chi connectivity index (χ0n) is 14.6. The van der Waals surface area contributed by atoms with Gasteiger partial charge in [0.1, 0.15) is 36.6 Å². The van der Waals surface area contributed by atoms with E-state index in [0.717, 1.165) is 0 Å². The average molecular weight is 332 g/mol. The van der Waals surface area contributed by atoms with E-state index in [-0.39, 0.29) is 0 Å². The minimum absolute atomic E-state index is 0.416. The van der Waals surface area contributed by atoms with Gasteiger partial charge in [-0.05, 0) is 41.5 Å². The molecule has 3 aliphatic rings. The Kier molecular flexibility index (Phi) is 4.51. The first-order valence-corrected chi connectivity index (χ1v) is 8.30. The molecular weight excluding hydrogens is 304 g/mol. The fourth-order valence-corrected chi connectivity index (χ4v) is 3.69. The van der Waals surface area contributed by atoms with Crippen LogP contribution in [0.2, 0.25) is 0 Å². The molecule has 2 aliphatic heterocycles. The molecule has 0 spiro atoms. The zero-order chi connectivity index (χ0) is 17.0. The highest BCUT2D eigenvalue weighted by Crippen LogP contribution is 2.45. The summed E-state index contributed by atoms with van der Waals surface area (Å²) in [7, 11) is 0. The molecule has 23 heavy (non-hydrogen) atoms. The Morgan fingerprint density at radius 1 is 0.913 bits per heavy atom. The normalized spacial score (nSPS) is 45.5. The van der Waals surface area contributed by atoms with Crippen LogP contribution in [0.25, 0.3) is 0 Å². The first-order chi connectivity index (χ1) is 10.6. The lowest BCUT2D eigenvalue weighted by molar-refractivity contribution is -0.240. The van der Waals surface area contributed by atoms with E-state index in [1.54, 1.807) is 0 Å². The Morgan fingerprint density at radius 3 is 1.78 bits per heavy atom. The van der Waals surface area contributed by atoms with Crippen molar-refractivity contribution >= 4 is 0 Å². The summed E-state index contributed by atoms with van der Waals surface area (Å²) in [5.41, 5.74) is 0. The first-order valence-electron chi connectivity index (χ1n) is 8.30. The van der Waals surface area contributed by atoms with E-state index in [4.69, 9.17) is 28.4 Å². The lowest BCUT2D eigenvalue weighted by Gasteiger charge is -2.41. The molecule has 5 atom stereocenters. The van der Waals surface area contributed by atoms with Crippen LogP contribution >= 0.6 is 0 Å². The van der Waals surface area contributed by atoms with Crippen LogP contribution in [-0.2, 0) is 28.4 Å². The fraction of sp³-hybridized carbons (Fsp3) is 1.00. The maximum Gasteiger partial charge on any atom is 0.164 e. The van der Waals surface area contributed by atoms with Gasteiger partial charge < -0.3 is 33.5 Å². The highest BCUT2D eigenvalue weighted by atomic mass is 16.8. The fourth-order valence-electron chi connectivity index (χ4n) is 3.69. The van der Waals surface area contributed by atoms with Crippen molar-refractivity contribution < 1.29 is 33.5 Å². The van der Waals surface area contributed by atoms with Gasteiger partial charge in [0, 0.05) is 6.61 Å². The molecule has 1 saturated carbocycles. The summed E-state index contributed by atoms with van der Waals surface area (Å²) in [6.45, 7) is 11.6. The molecule has 0 radical (unpaired) electrons. The van der Waals surface area contributed by atoms with E-state index in [2.05, 4.69) is 0 Å². The van der Waals surface area contributed by atoms with Crippen molar-refractivity contribution in [3.63, 3.8) is 0 Å². The molecule has 5 unspecified atom stereocenters. The molecule has 1 aliphatic carbocycles. The van der Waals surface area contributed by atoms with E-state index in [9.17, 15) is 5.11 Å². The number of hydrogen-bond donors (Lipinski definition) is 1. The van der Waals surface area contributed by atoms with Crippen molar-refractivity contribution in [1.82, 2.24) is 0 Å². The van der Waals surface area contributed by atoms with Gasteiger partial charge in [-0.3, -0.25) is 0 Å². The molecule has 0 aromatic rings. The van der Waals surface area contributed by atoms with Gasteiger partial charge >= 0.3 is 0 Å². The predicted octanol–water partition coefficient (Wildman–Crippen LogP) is 1.17. The Morgan fingerprint density at radius 2 is 1.35 bits per heavy atom. The van der Waals surface area contributed by atoms with Gasteiger partial charge in [-0.25, -0.2) is 0 Å². The maximum atomic E-state index is 10.7. The van der Waals surface area contributed by atoms with E-state index < -0.39 is 54.5 Å². The molecule has 0 bridgehead atoms. The Labute approximate surface area is 137 Å². The molecule has 2 heterocycles. The molecular formula is C16H28O7. The van der Waals surface area contributed by atoms with Gasteiger partial charge in [0.25, 0.3) is 0 Å². The lowest BCUT2D eigenvalue weighted by atomic mass is 9.85. The van der Waals surface area contributed by atoms with Crippen molar-refractivity contribution in [2.24, 2.45) is 0 Å². The van der Waals surface area contributed by atoms with Crippen LogP contribution in [0.15, 0.2) is 0 Å². The van der Waals surface area contributed by atoms with Gasteiger partial charge in [0.2, 0.25) is 0 Å². The third-order valence-electron chi connectivity index (χ3n) is 4.40. The largest absolute Gasteiger partial charge is 0.387 e. The van der Waals surface area contributed by atoms with Gasteiger partial charge in [-0.2, -0.15) is 0 Å². The number of aliphatic hydroxyl groups excluding tert-OH is 1. The van der Waals surface area contributed by atoms with Gasteiger partial charge in [-0.1, -0.05) is 0 Å². The van der Waals surface area contributed by atoms with E-state index in [1.165, 1.54) is 0 Å². The molecule has 3 fully saturated rings. The zero-order valence-corrected chi connectivity index (χ0v) is 14.6. The summed E-state index contributed by atoms with van der Waals surface area (Å²) < 4.78 is 35.3. The SMILES string of the molecule is CCOC(C)OC1C2OC(C)(C)OC2C(O)C2OC(C)(C)OC21. The van der Waals surface area contributed by atoms with Crippen LogP contribution in [0.3, 0.4) is 0 Å². The Bertz CT molecular complexity index is 406. The number of hydrogen-bond acceptors (Lipinski definition) is 7. The summed E-state index contributed by atoms with van der Waals surface area (Å²) in [6, 6.07) is 0. The standard InChI is InChI=1S/C16H28O7/c1-7-18-8(2)19-12-13-10(20-15(3,4)22-13)9(17)11-14(12)23-16(5,6)21-11/h8-14,17H,7H2,1-6H3. The van der Waals surface area contributed by atoms with Crippen LogP contribution in [0.5, 0.6) is 0 Å². The maximum absolute atomic E-state index is 10.7. The first kappa shape index (κ1) is 17.5. The molecule has 134 valence electrons. The van der Waals surface area contributed by atoms with Crippen LogP contribution in [0.1, 0.15) is 41.5 Å². The quantitative estimate of drug-likeness (QED) is 0.775. The van der Waals surface area contributed by atoms with Crippen LogP contribution in [0, 0.1) is 0 Å². The molecule has 7 heteroatoms. The van der Waals surface area contributed by atoms with Crippen LogP contribution in [0.4, 0.5) is 0 Å². The van der Waals surface area contributed by atoms with Crippen LogP contribution in [-0.4, -0.2) is 66.2 Å². The smallest absolute Gasteiger partial charge is 0.164 e. The number of ether oxygens (including phenoxy) is 6. The number of fused-ring (bicyclic) bond motifs is 2. The van der Waals surface area contributed by atoms with Crippen LogP contribution < -0.4 is 0 Å². The molecule has 1 N–H and O–H groups in total. The second-order valence-corrected chi connectivity index (χ2v) is 7.24.